The fourth-order valence-electron chi connectivity index (χ4n) is 0.758. The normalized spacial score (nSPS) is 21.8. The van der Waals surface area contributed by atoms with Gasteiger partial charge in [-0.05, 0) is 16.9 Å². The predicted octanol–water partition coefficient (Wildman–Crippen LogP) is 1.74. The minimum Gasteiger partial charge on any atom is -0.477 e. The van der Waals surface area contributed by atoms with Crippen LogP contribution in [0.4, 0.5) is 0 Å². The van der Waals surface area contributed by atoms with Crippen LogP contribution in [0.3, 0.4) is 0 Å². The second-order valence-corrected chi connectivity index (χ2v) is 3.64. The lowest BCUT2D eigenvalue weighted by Crippen LogP contribution is -1.95. The Labute approximate surface area is 67.5 Å². The molecule has 1 atom stereocenters. The molecule has 11 heavy (non-hydrogen) atoms. The van der Waals surface area contributed by atoms with E-state index in [-0.39, 0.29) is 10.5 Å². The lowest BCUT2D eigenvalue weighted by molar-refractivity contribution is -0.131. The molecular formula is C8H8O2S. The van der Waals surface area contributed by atoms with Gasteiger partial charge in [0.25, 0.3) is 0 Å². The van der Waals surface area contributed by atoms with E-state index in [9.17, 15) is 4.79 Å². The summed E-state index contributed by atoms with van der Waals surface area (Å²) in [4.78, 5) is 11.0. The van der Waals surface area contributed by atoms with Crippen LogP contribution in [0.1, 0.15) is 0 Å². The van der Waals surface area contributed by atoms with Gasteiger partial charge < -0.3 is 5.11 Å². The molecule has 58 valence electrons. The summed E-state index contributed by atoms with van der Waals surface area (Å²) in [5.41, 5.74) is 0. The predicted molar refractivity (Wildman–Crippen MR) is 48.7 cm³/mol. The van der Waals surface area contributed by atoms with Crippen LogP contribution in [0.5, 0.6) is 0 Å². The number of allylic oxidation sites excluding steroid dienone is 3. The highest BCUT2D eigenvalue weighted by Crippen LogP contribution is 2.30. The number of carboxylic acids is 1. The topological polar surface area (TPSA) is 37.3 Å². The molecule has 0 radical (unpaired) electrons. The Morgan fingerprint density at radius 3 is 3.00 bits per heavy atom. The van der Waals surface area contributed by atoms with Crippen molar-refractivity contribution in [3.8, 4) is 0 Å². The van der Waals surface area contributed by atoms with Crippen molar-refractivity contribution in [2.24, 2.45) is 0 Å². The minimum absolute atomic E-state index is 0.357. The van der Waals surface area contributed by atoms with E-state index < -0.39 is 5.97 Å². The van der Waals surface area contributed by atoms with Crippen LogP contribution in [0.2, 0.25) is 0 Å². The first kappa shape index (κ1) is 8.01. The second kappa shape index (κ2) is 3.34. The third kappa shape index (κ3) is 1.68. The fourth-order valence-corrected chi connectivity index (χ4v) is 2.03. The molecular weight excluding hydrogens is 160 g/mol. The van der Waals surface area contributed by atoms with Crippen molar-refractivity contribution in [1.82, 2.24) is 0 Å². The largest absolute Gasteiger partial charge is 0.477 e. The number of rotatable bonds is 2. The zero-order valence-corrected chi connectivity index (χ0v) is 6.67. The first-order chi connectivity index (χ1) is 5.25. The maximum atomic E-state index is 10.5. The van der Waals surface area contributed by atoms with Crippen molar-refractivity contribution < 1.29 is 9.90 Å². The molecule has 1 N–H and O–H groups in total. The molecule has 3 heteroatoms. The monoisotopic (exact) mass is 168 g/mol. The Morgan fingerprint density at radius 1 is 1.73 bits per heavy atom. The molecule has 0 fully saturated rings. The van der Waals surface area contributed by atoms with Crippen LogP contribution >= 0.6 is 10.5 Å². The molecule has 1 aliphatic rings. The van der Waals surface area contributed by atoms with Crippen LogP contribution in [0, 0.1) is 0 Å². The first-order valence-corrected chi connectivity index (χ1v) is 4.40. The molecule has 0 aromatic heterocycles. The van der Waals surface area contributed by atoms with Crippen LogP contribution < -0.4 is 0 Å². The van der Waals surface area contributed by atoms with Gasteiger partial charge in [-0.2, -0.15) is 0 Å². The molecule has 0 aromatic rings. The zero-order chi connectivity index (χ0) is 8.27. The van der Waals surface area contributed by atoms with E-state index in [0.717, 1.165) is 0 Å². The zero-order valence-electron chi connectivity index (χ0n) is 5.86. The van der Waals surface area contributed by atoms with E-state index in [2.05, 4.69) is 6.58 Å². The van der Waals surface area contributed by atoms with Gasteiger partial charge in [0.15, 0.2) is 0 Å². The quantitative estimate of drug-likeness (QED) is 0.503. The van der Waals surface area contributed by atoms with Gasteiger partial charge >= 0.3 is 5.97 Å². The third-order valence-electron chi connectivity index (χ3n) is 1.18. The molecule has 1 heterocycles. The van der Waals surface area contributed by atoms with E-state index >= 15 is 0 Å². The molecule has 0 bridgehead atoms. The summed E-state index contributed by atoms with van der Waals surface area (Å²) >= 11 is 0. The summed E-state index contributed by atoms with van der Waals surface area (Å²) in [5.74, 6) is -0.851. The Morgan fingerprint density at radius 2 is 2.45 bits per heavy atom. The van der Waals surface area contributed by atoms with Gasteiger partial charge in [0.2, 0.25) is 0 Å². The number of aliphatic carboxylic acids is 1. The van der Waals surface area contributed by atoms with Gasteiger partial charge in [0, 0.05) is 0 Å². The smallest absolute Gasteiger partial charge is 0.342 e. The van der Waals surface area contributed by atoms with Crippen LogP contribution in [0.25, 0.3) is 0 Å². The van der Waals surface area contributed by atoms with Crippen molar-refractivity contribution in [3.63, 3.8) is 0 Å². The van der Waals surface area contributed by atoms with E-state index in [1.54, 1.807) is 23.6 Å². The Bertz CT molecular complexity index is 278. The number of carboxylic acid groups (broad SMARTS) is 1. The highest BCUT2D eigenvalue weighted by molar-refractivity contribution is 8.21. The molecule has 0 amide bonds. The van der Waals surface area contributed by atoms with Gasteiger partial charge in [0.05, 0.1) is 4.91 Å². The van der Waals surface area contributed by atoms with Crippen molar-refractivity contribution >= 4 is 21.8 Å². The number of hydrogen-bond donors (Lipinski definition) is 1. The summed E-state index contributed by atoms with van der Waals surface area (Å²) in [5, 5.41) is 12.3. The van der Waals surface area contributed by atoms with E-state index in [0.29, 0.717) is 4.91 Å². The molecule has 0 aromatic carbocycles. The first-order valence-electron chi connectivity index (χ1n) is 3.05. The third-order valence-corrected chi connectivity index (χ3v) is 2.93. The summed E-state index contributed by atoms with van der Waals surface area (Å²) in [6.45, 7) is 3.52. The van der Waals surface area contributed by atoms with Gasteiger partial charge in [-0.25, -0.2) is 4.79 Å². The van der Waals surface area contributed by atoms with Gasteiger partial charge in [-0.3, -0.25) is 0 Å². The minimum atomic E-state index is -0.851. The Balaban J connectivity index is 2.94. The van der Waals surface area contributed by atoms with Gasteiger partial charge in [0.1, 0.15) is 0 Å². The average molecular weight is 168 g/mol. The summed E-state index contributed by atoms with van der Waals surface area (Å²) < 4.78 is 0. The standard InChI is InChI=1S/C8H8O2S/c1-2-5-11-6-3-4-7(11)8(9)10/h2-6H,1H2,(H,9,10). The molecule has 1 aliphatic heterocycles. The van der Waals surface area contributed by atoms with E-state index in [1.165, 1.54) is 0 Å². The molecule has 0 aliphatic carbocycles. The molecule has 1 unspecified atom stereocenters. The van der Waals surface area contributed by atoms with Crippen molar-refractivity contribution in [3.05, 3.63) is 35.1 Å². The fraction of sp³-hybridized carbons (Fsp3) is 0. The number of carbonyl (C=O) groups is 1. The van der Waals surface area contributed by atoms with Crippen LogP contribution in [-0.4, -0.2) is 16.4 Å². The summed E-state index contributed by atoms with van der Waals surface area (Å²) in [7, 11) is -0.357. The van der Waals surface area contributed by atoms with Gasteiger partial charge in [-0.1, -0.05) is 18.7 Å². The molecule has 0 spiro atoms. The molecule has 0 saturated heterocycles. The lowest BCUT2D eigenvalue weighted by atomic mass is 10.5. The molecule has 2 nitrogen and oxygen atoms in total. The maximum absolute atomic E-state index is 10.5. The van der Waals surface area contributed by atoms with Gasteiger partial charge in [-0.15, -0.1) is 10.5 Å². The molecule has 0 saturated carbocycles. The van der Waals surface area contributed by atoms with Crippen LogP contribution in [0.15, 0.2) is 35.1 Å². The lowest BCUT2D eigenvalue weighted by Gasteiger charge is -1.97. The SMILES string of the molecule is C=CC=S1C=CC=C1C(=O)O. The van der Waals surface area contributed by atoms with E-state index in [1.807, 2.05) is 5.41 Å². The highest BCUT2D eigenvalue weighted by atomic mass is 32.2. The Hall–Kier alpha value is -1.09. The van der Waals surface area contributed by atoms with Crippen molar-refractivity contribution in [2.45, 2.75) is 0 Å². The molecule has 1 rings (SSSR count). The Kier molecular flexibility index (Phi) is 2.44. The van der Waals surface area contributed by atoms with Crippen molar-refractivity contribution in [1.29, 1.82) is 0 Å². The highest BCUT2D eigenvalue weighted by Gasteiger charge is 2.11. The maximum Gasteiger partial charge on any atom is 0.342 e. The summed E-state index contributed by atoms with van der Waals surface area (Å²) in [6, 6.07) is 0. The van der Waals surface area contributed by atoms with E-state index in [4.69, 9.17) is 5.11 Å². The van der Waals surface area contributed by atoms with Crippen LogP contribution in [-0.2, 0) is 4.79 Å². The average Bonchev–Trinajstić information content (AvgIpc) is 2.36. The van der Waals surface area contributed by atoms with Crippen molar-refractivity contribution in [2.75, 3.05) is 0 Å². The number of hydrogen-bond acceptors (Lipinski definition) is 1. The summed E-state index contributed by atoms with van der Waals surface area (Å²) in [6.07, 6.45) is 4.99. The second-order valence-electron chi connectivity index (χ2n) is 1.91.